The number of nitrogens with zero attached hydrogens (tertiary/aromatic N) is 3. The van der Waals surface area contributed by atoms with Crippen molar-refractivity contribution in [2.24, 2.45) is 0 Å². The van der Waals surface area contributed by atoms with Gasteiger partial charge in [0.25, 0.3) is 5.56 Å². The van der Waals surface area contributed by atoms with Crippen LogP contribution in [0.5, 0.6) is 0 Å². The second-order valence-electron chi connectivity index (χ2n) is 3.59. The Morgan fingerprint density at radius 2 is 2.56 bits per heavy atom. The lowest BCUT2D eigenvalue weighted by Gasteiger charge is -2.13. The third-order valence-electron chi connectivity index (χ3n) is 2.41. The molecular formula is C9H10N4O4S. The molecular weight excluding hydrogens is 260 g/mol. The van der Waals surface area contributed by atoms with E-state index in [1.54, 1.807) is 0 Å². The Balaban J connectivity index is 1.83. The van der Waals surface area contributed by atoms with Crippen LogP contribution in [0.4, 0.5) is 0 Å². The van der Waals surface area contributed by atoms with Gasteiger partial charge in [-0.25, -0.2) is 9.97 Å². The van der Waals surface area contributed by atoms with Crippen LogP contribution in [0.15, 0.2) is 17.4 Å². The van der Waals surface area contributed by atoms with E-state index in [9.17, 15) is 4.79 Å². The highest BCUT2D eigenvalue weighted by molar-refractivity contribution is 8.00. The highest BCUT2D eigenvalue weighted by Gasteiger charge is 2.27. The topological polar surface area (TPSA) is 102 Å². The van der Waals surface area contributed by atoms with E-state index >= 15 is 0 Å². The van der Waals surface area contributed by atoms with Crippen LogP contribution < -0.4 is 10.4 Å². The van der Waals surface area contributed by atoms with Crippen LogP contribution in [-0.4, -0.2) is 48.9 Å². The van der Waals surface area contributed by atoms with Crippen molar-refractivity contribution in [1.29, 1.82) is 0 Å². The molecule has 9 heteroatoms. The second-order valence-corrected chi connectivity index (χ2v) is 4.78. The van der Waals surface area contributed by atoms with Gasteiger partial charge in [-0.05, 0) is 0 Å². The summed E-state index contributed by atoms with van der Waals surface area (Å²) in [4.78, 5) is 27.3. The predicted octanol–water partition coefficient (Wildman–Crippen LogP) is -1.04. The smallest absolute Gasteiger partial charge is 0.279 e. The van der Waals surface area contributed by atoms with E-state index in [0.29, 0.717) is 11.4 Å². The molecule has 1 unspecified atom stereocenters. The van der Waals surface area contributed by atoms with E-state index in [1.165, 1.54) is 29.1 Å². The number of ether oxygens (including phenoxy) is 1. The summed E-state index contributed by atoms with van der Waals surface area (Å²) in [6.45, 7) is -0.0624. The quantitative estimate of drug-likeness (QED) is 0.734. The fourth-order valence-electron chi connectivity index (χ4n) is 1.61. The standard InChI is InChI=1S/C9H10N4O4S/c14-1-6-16-5(2-18-6)17-13-4-12-7-8(13)10-3-11-9(7)15/h3-6,14H,1-2H2,(H,10,11,15)/t5-,6?/m1/s1. The summed E-state index contributed by atoms with van der Waals surface area (Å²) in [7, 11) is 0. The molecule has 1 aliphatic rings. The highest BCUT2D eigenvalue weighted by Crippen LogP contribution is 2.24. The van der Waals surface area contributed by atoms with Crippen molar-refractivity contribution >= 4 is 22.9 Å². The van der Waals surface area contributed by atoms with E-state index in [2.05, 4.69) is 15.0 Å². The van der Waals surface area contributed by atoms with Gasteiger partial charge in [-0.3, -0.25) is 4.79 Å². The van der Waals surface area contributed by atoms with Gasteiger partial charge in [0.2, 0.25) is 11.9 Å². The first kappa shape index (κ1) is 11.5. The monoisotopic (exact) mass is 270 g/mol. The minimum atomic E-state index is -0.495. The van der Waals surface area contributed by atoms with Crippen molar-refractivity contribution in [3.8, 4) is 0 Å². The number of H-pyrrole nitrogens is 1. The SMILES string of the molecule is O=c1[nH]cnc2c1ncn2O[C@@H]1CSC(CO)O1. The zero-order valence-corrected chi connectivity index (χ0v) is 9.96. The molecule has 1 fully saturated rings. The number of thioether (sulfide) groups is 1. The van der Waals surface area contributed by atoms with Crippen molar-refractivity contribution in [2.75, 3.05) is 12.4 Å². The predicted molar refractivity (Wildman–Crippen MR) is 62.9 cm³/mol. The zero-order valence-electron chi connectivity index (χ0n) is 9.15. The van der Waals surface area contributed by atoms with Gasteiger partial charge in [0.15, 0.2) is 5.52 Å². The summed E-state index contributed by atoms with van der Waals surface area (Å²) in [5.74, 6) is 0.591. The molecule has 1 aliphatic heterocycles. The van der Waals surface area contributed by atoms with Gasteiger partial charge in [0, 0.05) is 0 Å². The average molecular weight is 270 g/mol. The van der Waals surface area contributed by atoms with Crippen LogP contribution in [0.2, 0.25) is 0 Å². The molecule has 18 heavy (non-hydrogen) atoms. The maximum atomic E-state index is 11.4. The highest BCUT2D eigenvalue weighted by atomic mass is 32.2. The summed E-state index contributed by atoms with van der Waals surface area (Å²) in [6.07, 6.45) is 2.16. The number of aromatic amines is 1. The molecule has 0 saturated carbocycles. The minimum absolute atomic E-state index is 0.0624. The fraction of sp³-hybridized carbons (Fsp3) is 0.444. The van der Waals surface area contributed by atoms with Gasteiger partial charge in [0.1, 0.15) is 11.8 Å². The molecule has 8 nitrogen and oxygen atoms in total. The van der Waals surface area contributed by atoms with Crippen LogP contribution in [0.25, 0.3) is 11.2 Å². The van der Waals surface area contributed by atoms with Crippen LogP contribution in [-0.2, 0) is 4.74 Å². The molecule has 2 aromatic rings. The Morgan fingerprint density at radius 3 is 3.33 bits per heavy atom. The number of imidazole rings is 1. The molecule has 2 aromatic heterocycles. The number of hydrogen-bond acceptors (Lipinski definition) is 7. The van der Waals surface area contributed by atoms with E-state index in [0.717, 1.165) is 0 Å². The molecule has 0 spiro atoms. The van der Waals surface area contributed by atoms with Gasteiger partial charge in [-0.2, -0.15) is 0 Å². The summed E-state index contributed by atoms with van der Waals surface area (Å²) in [6, 6.07) is 0. The summed E-state index contributed by atoms with van der Waals surface area (Å²) < 4.78 is 6.69. The Morgan fingerprint density at radius 1 is 1.67 bits per heavy atom. The maximum absolute atomic E-state index is 11.4. The molecule has 0 amide bonds. The largest absolute Gasteiger partial charge is 0.393 e. The molecule has 0 aromatic carbocycles. The number of nitrogens with one attached hydrogen (secondary N) is 1. The van der Waals surface area contributed by atoms with Gasteiger partial charge in [-0.1, -0.05) is 0 Å². The van der Waals surface area contributed by atoms with Crippen LogP contribution in [0, 0.1) is 0 Å². The lowest BCUT2D eigenvalue weighted by molar-refractivity contribution is -0.132. The Hall–Kier alpha value is -1.58. The summed E-state index contributed by atoms with van der Waals surface area (Å²) in [5, 5.41) is 8.94. The Bertz CT molecular complexity index is 612. The summed E-state index contributed by atoms with van der Waals surface area (Å²) in [5.41, 5.74) is -0.0555. The van der Waals surface area contributed by atoms with Crippen LogP contribution >= 0.6 is 11.8 Å². The average Bonchev–Trinajstić information content (AvgIpc) is 2.98. The normalized spacial score (nSPS) is 23.6. The lowest BCUT2D eigenvalue weighted by Crippen LogP contribution is -2.28. The molecule has 2 N–H and O–H groups in total. The molecule has 3 heterocycles. The van der Waals surface area contributed by atoms with Gasteiger partial charge >= 0.3 is 0 Å². The third-order valence-corrected chi connectivity index (χ3v) is 3.51. The van der Waals surface area contributed by atoms with Crippen molar-refractivity contribution in [3.63, 3.8) is 0 Å². The third kappa shape index (κ3) is 1.96. The van der Waals surface area contributed by atoms with E-state index in [4.69, 9.17) is 14.7 Å². The molecule has 0 bridgehead atoms. The number of fused-ring (bicyclic) bond motifs is 1. The lowest BCUT2D eigenvalue weighted by atomic mass is 10.5. The molecule has 2 atom stereocenters. The molecule has 0 aliphatic carbocycles. The molecule has 0 radical (unpaired) electrons. The first-order valence-electron chi connectivity index (χ1n) is 5.23. The number of aliphatic hydroxyl groups is 1. The summed E-state index contributed by atoms with van der Waals surface area (Å²) >= 11 is 1.46. The van der Waals surface area contributed by atoms with Gasteiger partial charge in [0.05, 0.1) is 18.7 Å². The van der Waals surface area contributed by atoms with Gasteiger partial charge < -0.3 is 19.7 Å². The molecule has 1 saturated heterocycles. The Kier molecular flexibility index (Phi) is 2.94. The minimum Gasteiger partial charge on any atom is -0.393 e. The fourth-order valence-corrected chi connectivity index (χ4v) is 2.43. The molecule has 96 valence electrons. The van der Waals surface area contributed by atoms with Crippen LogP contribution in [0.1, 0.15) is 0 Å². The molecule has 3 rings (SSSR count). The van der Waals surface area contributed by atoms with Crippen molar-refractivity contribution in [2.45, 2.75) is 11.7 Å². The van der Waals surface area contributed by atoms with Gasteiger partial charge in [-0.15, -0.1) is 16.5 Å². The zero-order chi connectivity index (χ0) is 12.5. The number of aliphatic hydroxyl groups excluding tert-OH is 1. The Labute approximate surface area is 105 Å². The van der Waals surface area contributed by atoms with E-state index in [1.807, 2.05) is 0 Å². The first-order chi connectivity index (χ1) is 8.78. The van der Waals surface area contributed by atoms with Crippen molar-refractivity contribution < 1.29 is 14.7 Å². The van der Waals surface area contributed by atoms with Crippen molar-refractivity contribution in [1.82, 2.24) is 19.7 Å². The number of rotatable bonds is 3. The first-order valence-corrected chi connectivity index (χ1v) is 6.28. The van der Waals surface area contributed by atoms with Crippen molar-refractivity contribution in [3.05, 3.63) is 23.0 Å². The van der Waals surface area contributed by atoms with E-state index < -0.39 is 6.29 Å². The second kappa shape index (κ2) is 4.59. The van der Waals surface area contributed by atoms with E-state index in [-0.39, 0.29) is 23.1 Å². The number of hydrogen-bond donors (Lipinski definition) is 2. The maximum Gasteiger partial charge on any atom is 0.279 e. The number of aromatic nitrogens is 4. The van der Waals surface area contributed by atoms with Crippen LogP contribution in [0.3, 0.4) is 0 Å².